The molecule has 0 bridgehead atoms. The molecule has 1 unspecified atom stereocenters. The molecule has 0 aromatic heterocycles. The lowest BCUT2D eigenvalue weighted by Gasteiger charge is -2.43. The highest BCUT2D eigenvalue weighted by Crippen LogP contribution is 2.43. The molecule has 6 heteroatoms. The fourth-order valence-corrected chi connectivity index (χ4v) is 3.59. The van der Waals surface area contributed by atoms with E-state index in [4.69, 9.17) is 16.3 Å². The van der Waals surface area contributed by atoms with Crippen molar-refractivity contribution < 1.29 is 4.74 Å². The van der Waals surface area contributed by atoms with Crippen LogP contribution in [0.15, 0.2) is 29.3 Å². The molecule has 134 valence electrons. The van der Waals surface area contributed by atoms with Gasteiger partial charge in [-0.15, -0.1) is 24.0 Å². The molecule has 1 heterocycles. The standard InChI is InChI=1S/C18H26ClN3O.HI/c1-20-17(21-12-16-4-2-11-23-16)22-13-18(9-3-10-18)14-5-7-15(19)8-6-14;/h5-8,16H,2-4,9-13H2,1H3,(H2,20,21,22);1H. The molecule has 2 aliphatic rings. The van der Waals surface area contributed by atoms with Crippen LogP contribution in [-0.4, -0.2) is 38.8 Å². The Bertz CT molecular complexity index is 540. The Morgan fingerprint density at radius 2 is 2.00 bits per heavy atom. The van der Waals surface area contributed by atoms with Gasteiger partial charge in [0.15, 0.2) is 5.96 Å². The number of nitrogens with zero attached hydrogens (tertiary/aromatic N) is 1. The number of hydrogen-bond acceptors (Lipinski definition) is 2. The third-order valence-electron chi connectivity index (χ3n) is 5.11. The molecule has 1 atom stereocenters. The van der Waals surface area contributed by atoms with E-state index in [9.17, 15) is 0 Å². The average Bonchev–Trinajstić information content (AvgIpc) is 3.04. The quantitative estimate of drug-likeness (QED) is 0.397. The maximum atomic E-state index is 6.02. The van der Waals surface area contributed by atoms with Crippen molar-refractivity contribution in [1.82, 2.24) is 10.6 Å². The van der Waals surface area contributed by atoms with Gasteiger partial charge in [-0.25, -0.2) is 0 Å². The van der Waals surface area contributed by atoms with Gasteiger partial charge in [-0.1, -0.05) is 30.2 Å². The Labute approximate surface area is 166 Å². The predicted molar refractivity (Wildman–Crippen MR) is 111 cm³/mol. The molecule has 1 aromatic rings. The van der Waals surface area contributed by atoms with Crippen LogP contribution < -0.4 is 10.6 Å². The van der Waals surface area contributed by atoms with Gasteiger partial charge < -0.3 is 15.4 Å². The smallest absolute Gasteiger partial charge is 0.191 e. The molecule has 1 saturated heterocycles. The summed E-state index contributed by atoms with van der Waals surface area (Å²) < 4.78 is 5.65. The zero-order chi connectivity index (χ0) is 16.1. The second-order valence-electron chi connectivity index (χ2n) is 6.58. The number of halogens is 2. The average molecular weight is 464 g/mol. The topological polar surface area (TPSA) is 45.7 Å². The van der Waals surface area contributed by atoms with Gasteiger partial charge in [0, 0.05) is 37.2 Å². The molecule has 0 amide bonds. The zero-order valence-electron chi connectivity index (χ0n) is 14.2. The molecule has 1 aliphatic carbocycles. The maximum absolute atomic E-state index is 6.02. The number of nitrogens with one attached hydrogen (secondary N) is 2. The normalized spacial score (nSPS) is 22.4. The third-order valence-corrected chi connectivity index (χ3v) is 5.36. The largest absolute Gasteiger partial charge is 0.376 e. The van der Waals surface area contributed by atoms with Crippen molar-refractivity contribution in [2.45, 2.75) is 43.6 Å². The summed E-state index contributed by atoms with van der Waals surface area (Å²) in [7, 11) is 1.82. The van der Waals surface area contributed by atoms with Crippen molar-refractivity contribution in [3.8, 4) is 0 Å². The number of hydrogen-bond donors (Lipinski definition) is 2. The van der Waals surface area contributed by atoms with E-state index in [1.807, 2.05) is 19.2 Å². The highest BCUT2D eigenvalue weighted by molar-refractivity contribution is 14.0. The Morgan fingerprint density at radius 1 is 1.25 bits per heavy atom. The van der Waals surface area contributed by atoms with Gasteiger partial charge in [0.05, 0.1) is 6.10 Å². The van der Waals surface area contributed by atoms with E-state index in [0.717, 1.165) is 43.5 Å². The molecule has 0 radical (unpaired) electrons. The molecule has 0 spiro atoms. The monoisotopic (exact) mass is 463 g/mol. The van der Waals surface area contributed by atoms with Crippen molar-refractivity contribution >= 4 is 41.5 Å². The molecule has 1 saturated carbocycles. The van der Waals surface area contributed by atoms with E-state index in [1.54, 1.807) is 0 Å². The number of guanidine groups is 1. The highest BCUT2D eigenvalue weighted by atomic mass is 127. The molecule has 3 rings (SSSR count). The van der Waals surface area contributed by atoms with Crippen molar-refractivity contribution in [1.29, 1.82) is 0 Å². The van der Waals surface area contributed by atoms with Gasteiger partial charge in [0.25, 0.3) is 0 Å². The van der Waals surface area contributed by atoms with Gasteiger partial charge in [0.1, 0.15) is 0 Å². The van der Waals surface area contributed by atoms with E-state index in [-0.39, 0.29) is 29.4 Å². The molecule has 2 N–H and O–H groups in total. The van der Waals surface area contributed by atoms with Gasteiger partial charge in [-0.2, -0.15) is 0 Å². The summed E-state index contributed by atoms with van der Waals surface area (Å²) in [5.74, 6) is 0.862. The first-order valence-corrected chi connectivity index (χ1v) is 8.92. The van der Waals surface area contributed by atoms with Crippen molar-refractivity contribution in [3.05, 3.63) is 34.9 Å². The van der Waals surface area contributed by atoms with Gasteiger partial charge >= 0.3 is 0 Å². The Kier molecular flexibility index (Phi) is 7.62. The summed E-state index contributed by atoms with van der Waals surface area (Å²) in [6.45, 7) is 2.62. The van der Waals surface area contributed by atoms with E-state index < -0.39 is 0 Å². The lowest BCUT2D eigenvalue weighted by atomic mass is 9.64. The van der Waals surface area contributed by atoms with E-state index >= 15 is 0 Å². The van der Waals surface area contributed by atoms with Crippen LogP contribution in [0.2, 0.25) is 5.02 Å². The molecular formula is C18H27ClIN3O. The first kappa shape index (κ1) is 19.8. The lowest BCUT2D eigenvalue weighted by Crippen LogP contribution is -2.49. The van der Waals surface area contributed by atoms with E-state index in [0.29, 0.717) is 6.10 Å². The molecule has 2 fully saturated rings. The molecule has 1 aromatic carbocycles. The van der Waals surface area contributed by atoms with Crippen molar-refractivity contribution in [2.24, 2.45) is 4.99 Å². The summed E-state index contributed by atoms with van der Waals surface area (Å²) in [4.78, 5) is 4.34. The van der Waals surface area contributed by atoms with Crippen molar-refractivity contribution in [2.75, 3.05) is 26.7 Å². The summed E-state index contributed by atoms with van der Waals surface area (Å²) >= 11 is 6.02. The van der Waals surface area contributed by atoms with Crippen LogP contribution in [0.1, 0.15) is 37.7 Å². The van der Waals surface area contributed by atoms with Gasteiger partial charge in [0.2, 0.25) is 0 Å². The first-order valence-electron chi connectivity index (χ1n) is 8.54. The van der Waals surface area contributed by atoms with Crippen LogP contribution in [0, 0.1) is 0 Å². The number of aliphatic imine (C=N–C) groups is 1. The van der Waals surface area contributed by atoms with Crippen LogP contribution in [-0.2, 0) is 10.2 Å². The minimum Gasteiger partial charge on any atom is -0.376 e. The minimum atomic E-state index is 0. The fraction of sp³-hybridized carbons (Fsp3) is 0.611. The summed E-state index contributed by atoms with van der Waals surface area (Å²) in [6.07, 6.45) is 6.33. The Balaban J connectivity index is 0.00000208. The molecule has 4 nitrogen and oxygen atoms in total. The van der Waals surface area contributed by atoms with Crippen molar-refractivity contribution in [3.63, 3.8) is 0 Å². The third kappa shape index (κ3) is 4.76. The highest BCUT2D eigenvalue weighted by Gasteiger charge is 2.38. The first-order chi connectivity index (χ1) is 11.2. The van der Waals surface area contributed by atoms with Crippen LogP contribution in [0.5, 0.6) is 0 Å². The fourth-order valence-electron chi connectivity index (χ4n) is 3.46. The summed E-state index contributed by atoms with van der Waals surface area (Å²) in [5.41, 5.74) is 1.58. The van der Waals surface area contributed by atoms with Gasteiger partial charge in [-0.3, -0.25) is 4.99 Å². The van der Waals surface area contributed by atoms with Gasteiger partial charge in [-0.05, 0) is 43.4 Å². The second kappa shape index (κ2) is 9.25. The molecule has 24 heavy (non-hydrogen) atoms. The van der Waals surface area contributed by atoms with Crippen LogP contribution in [0.4, 0.5) is 0 Å². The van der Waals surface area contributed by atoms with Crippen LogP contribution in [0.25, 0.3) is 0 Å². The summed E-state index contributed by atoms with van der Waals surface area (Å²) in [6, 6.07) is 8.29. The zero-order valence-corrected chi connectivity index (χ0v) is 17.3. The minimum absolute atomic E-state index is 0. The summed E-state index contributed by atoms with van der Waals surface area (Å²) in [5, 5.41) is 7.68. The SMILES string of the molecule is CN=C(NCC1CCCO1)NCC1(c2ccc(Cl)cc2)CCC1.I. The second-order valence-corrected chi connectivity index (χ2v) is 7.02. The van der Waals surface area contributed by atoms with Crippen LogP contribution in [0.3, 0.4) is 0 Å². The number of benzene rings is 1. The number of ether oxygens (including phenoxy) is 1. The lowest BCUT2D eigenvalue weighted by molar-refractivity contribution is 0.113. The Hall–Kier alpha value is -0.530. The van der Waals surface area contributed by atoms with E-state index in [1.165, 1.54) is 24.8 Å². The van der Waals surface area contributed by atoms with Crippen LogP contribution >= 0.6 is 35.6 Å². The Morgan fingerprint density at radius 3 is 2.54 bits per heavy atom. The van der Waals surface area contributed by atoms with E-state index in [2.05, 4.69) is 27.8 Å². The molecular weight excluding hydrogens is 437 g/mol. The predicted octanol–water partition coefficient (Wildman–Crippen LogP) is 3.72. The number of rotatable bonds is 5. The maximum Gasteiger partial charge on any atom is 0.191 e. The molecule has 1 aliphatic heterocycles.